The van der Waals surface area contributed by atoms with Crippen LogP contribution in [0.4, 0.5) is 0 Å². The van der Waals surface area contributed by atoms with Crippen LogP contribution in [0.15, 0.2) is 18.2 Å². The fourth-order valence-electron chi connectivity index (χ4n) is 1.78. The smallest absolute Gasteiger partial charge is 0.121 e. The van der Waals surface area contributed by atoms with Gasteiger partial charge in [0.2, 0.25) is 0 Å². The quantitative estimate of drug-likeness (QED) is 0.705. The van der Waals surface area contributed by atoms with Crippen molar-refractivity contribution in [1.29, 1.82) is 0 Å². The molecule has 0 fully saturated rings. The van der Waals surface area contributed by atoms with Crippen molar-refractivity contribution >= 4 is 0 Å². The fourth-order valence-corrected chi connectivity index (χ4v) is 1.78. The molecular weight excluding hydrogens is 188 g/mol. The van der Waals surface area contributed by atoms with Gasteiger partial charge in [-0.25, -0.2) is 0 Å². The molecule has 0 aliphatic carbocycles. The second-order valence-electron chi connectivity index (χ2n) is 3.88. The molecule has 0 aromatic heterocycles. The number of hydrogen-bond donors (Lipinski definition) is 2. The normalized spacial score (nSPS) is 10.5. The van der Waals surface area contributed by atoms with Gasteiger partial charge in [0.25, 0.3) is 0 Å². The Labute approximate surface area is 91.6 Å². The number of unbranched alkanes of at least 4 members (excludes halogenated alkanes) is 3. The lowest BCUT2D eigenvalue weighted by Crippen LogP contribution is -1.95. The molecule has 2 heteroatoms. The molecule has 0 atom stereocenters. The molecule has 84 valence electrons. The Morgan fingerprint density at radius 2 is 1.93 bits per heavy atom. The first-order chi connectivity index (χ1) is 7.29. The molecule has 1 aromatic rings. The van der Waals surface area contributed by atoms with Crippen LogP contribution in [0.25, 0.3) is 0 Å². The van der Waals surface area contributed by atoms with Crippen LogP contribution < -0.4 is 0 Å². The number of phenols is 1. The average molecular weight is 208 g/mol. The minimum Gasteiger partial charge on any atom is -0.508 e. The van der Waals surface area contributed by atoms with E-state index in [4.69, 9.17) is 5.11 Å². The molecule has 0 bridgehead atoms. The van der Waals surface area contributed by atoms with Crippen molar-refractivity contribution in [3.63, 3.8) is 0 Å². The first kappa shape index (κ1) is 12.1. The molecule has 0 amide bonds. The van der Waals surface area contributed by atoms with Gasteiger partial charge in [-0.3, -0.25) is 0 Å². The maximum atomic E-state index is 9.53. The third kappa shape index (κ3) is 3.56. The van der Waals surface area contributed by atoms with Crippen LogP contribution >= 0.6 is 0 Å². The van der Waals surface area contributed by atoms with Crippen LogP contribution in [0.1, 0.15) is 43.7 Å². The van der Waals surface area contributed by atoms with E-state index in [1.807, 2.05) is 12.1 Å². The van der Waals surface area contributed by atoms with Gasteiger partial charge >= 0.3 is 0 Å². The van der Waals surface area contributed by atoms with E-state index in [9.17, 15) is 5.11 Å². The van der Waals surface area contributed by atoms with Gasteiger partial charge in [-0.2, -0.15) is 0 Å². The Kier molecular flexibility index (Phi) is 5.19. The Bertz CT molecular complexity index is 295. The van der Waals surface area contributed by atoms with Crippen LogP contribution in [-0.2, 0) is 13.0 Å². The van der Waals surface area contributed by atoms with E-state index >= 15 is 0 Å². The standard InChI is InChI=1S/C13H20O2/c1-2-3-4-5-7-11-8-6-9-13(15)12(11)10-14/h6,8-9,14-15H,2-5,7,10H2,1H3. The van der Waals surface area contributed by atoms with Gasteiger partial charge < -0.3 is 10.2 Å². The van der Waals surface area contributed by atoms with E-state index in [2.05, 4.69) is 6.92 Å². The topological polar surface area (TPSA) is 40.5 Å². The summed E-state index contributed by atoms with van der Waals surface area (Å²) in [5, 5.41) is 18.7. The predicted molar refractivity (Wildman–Crippen MR) is 61.9 cm³/mol. The molecule has 0 radical (unpaired) electrons. The van der Waals surface area contributed by atoms with Gasteiger partial charge in [-0.15, -0.1) is 0 Å². The zero-order valence-corrected chi connectivity index (χ0v) is 9.37. The average Bonchev–Trinajstić information content (AvgIpc) is 2.24. The Balaban J connectivity index is 2.56. The minimum absolute atomic E-state index is 0.0736. The second kappa shape index (κ2) is 6.46. The van der Waals surface area contributed by atoms with Gasteiger partial charge in [0.05, 0.1) is 6.61 Å². The van der Waals surface area contributed by atoms with Crippen LogP contribution in [-0.4, -0.2) is 10.2 Å². The van der Waals surface area contributed by atoms with Gasteiger partial charge in [0.1, 0.15) is 5.75 Å². The molecule has 15 heavy (non-hydrogen) atoms. The van der Waals surface area contributed by atoms with Crippen LogP contribution in [0.2, 0.25) is 0 Å². The van der Waals surface area contributed by atoms with Crippen molar-refractivity contribution in [3.8, 4) is 5.75 Å². The molecule has 0 spiro atoms. The summed E-state index contributed by atoms with van der Waals surface area (Å²) in [6, 6.07) is 5.45. The highest BCUT2D eigenvalue weighted by molar-refractivity contribution is 5.38. The van der Waals surface area contributed by atoms with E-state index in [1.165, 1.54) is 19.3 Å². The summed E-state index contributed by atoms with van der Waals surface area (Å²) in [6.07, 6.45) is 5.78. The molecular formula is C13H20O2. The Hall–Kier alpha value is -1.02. The lowest BCUT2D eigenvalue weighted by molar-refractivity contribution is 0.274. The first-order valence-electron chi connectivity index (χ1n) is 5.70. The minimum atomic E-state index is -0.0736. The third-order valence-electron chi connectivity index (χ3n) is 2.71. The van der Waals surface area contributed by atoms with E-state index < -0.39 is 0 Å². The molecule has 0 saturated heterocycles. The summed E-state index contributed by atoms with van der Waals surface area (Å²) in [5.74, 6) is 0.213. The lowest BCUT2D eigenvalue weighted by Gasteiger charge is -2.08. The highest BCUT2D eigenvalue weighted by Gasteiger charge is 2.05. The van der Waals surface area contributed by atoms with E-state index in [0.717, 1.165) is 18.4 Å². The lowest BCUT2D eigenvalue weighted by atomic mass is 10.0. The molecule has 0 aliphatic rings. The Morgan fingerprint density at radius 3 is 2.60 bits per heavy atom. The number of aryl methyl sites for hydroxylation is 1. The molecule has 2 N–H and O–H groups in total. The highest BCUT2D eigenvalue weighted by Crippen LogP contribution is 2.22. The SMILES string of the molecule is CCCCCCc1cccc(O)c1CO. The van der Waals surface area contributed by atoms with Gasteiger partial charge in [-0.1, -0.05) is 38.3 Å². The zero-order chi connectivity index (χ0) is 11.1. The molecule has 1 rings (SSSR count). The molecule has 0 saturated carbocycles. The second-order valence-corrected chi connectivity index (χ2v) is 3.88. The fraction of sp³-hybridized carbons (Fsp3) is 0.538. The molecule has 0 unspecified atom stereocenters. The molecule has 1 aromatic carbocycles. The summed E-state index contributed by atoms with van der Waals surface area (Å²) in [7, 11) is 0. The first-order valence-corrected chi connectivity index (χ1v) is 5.70. The molecule has 0 heterocycles. The molecule has 2 nitrogen and oxygen atoms in total. The summed E-state index contributed by atoms with van der Waals surface area (Å²) in [5.41, 5.74) is 1.77. The van der Waals surface area contributed by atoms with Crippen molar-refractivity contribution in [2.45, 2.75) is 45.6 Å². The number of aliphatic hydroxyl groups is 1. The van der Waals surface area contributed by atoms with E-state index in [0.29, 0.717) is 5.56 Å². The van der Waals surface area contributed by atoms with E-state index in [-0.39, 0.29) is 12.4 Å². The molecule has 0 aliphatic heterocycles. The monoisotopic (exact) mass is 208 g/mol. The van der Waals surface area contributed by atoms with Crippen molar-refractivity contribution in [2.24, 2.45) is 0 Å². The summed E-state index contributed by atoms with van der Waals surface area (Å²) in [6.45, 7) is 2.11. The number of benzene rings is 1. The largest absolute Gasteiger partial charge is 0.508 e. The summed E-state index contributed by atoms with van der Waals surface area (Å²) >= 11 is 0. The van der Waals surface area contributed by atoms with Crippen LogP contribution in [0.3, 0.4) is 0 Å². The number of aliphatic hydroxyl groups excluding tert-OH is 1. The van der Waals surface area contributed by atoms with E-state index in [1.54, 1.807) is 6.07 Å². The van der Waals surface area contributed by atoms with Crippen molar-refractivity contribution < 1.29 is 10.2 Å². The highest BCUT2D eigenvalue weighted by atomic mass is 16.3. The number of aromatic hydroxyl groups is 1. The summed E-state index contributed by atoms with van der Waals surface area (Å²) < 4.78 is 0. The Morgan fingerprint density at radius 1 is 1.13 bits per heavy atom. The predicted octanol–water partition coefficient (Wildman–Crippen LogP) is 3.01. The number of hydrogen-bond acceptors (Lipinski definition) is 2. The zero-order valence-electron chi connectivity index (χ0n) is 9.37. The summed E-state index contributed by atoms with van der Waals surface area (Å²) in [4.78, 5) is 0. The van der Waals surface area contributed by atoms with Gasteiger partial charge in [-0.05, 0) is 24.5 Å². The number of rotatable bonds is 6. The van der Waals surface area contributed by atoms with Crippen molar-refractivity contribution in [1.82, 2.24) is 0 Å². The van der Waals surface area contributed by atoms with Crippen LogP contribution in [0, 0.1) is 0 Å². The third-order valence-corrected chi connectivity index (χ3v) is 2.71. The van der Waals surface area contributed by atoms with Crippen molar-refractivity contribution in [2.75, 3.05) is 0 Å². The maximum absolute atomic E-state index is 9.53. The van der Waals surface area contributed by atoms with Gasteiger partial charge in [0.15, 0.2) is 0 Å². The van der Waals surface area contributed by atoms with Crippen LogP contribution in [0.5, 0.6) is 5.75 Å². The maximum Gasteiger partial charge on any atom is 0.121 e. The van der Waals surface area contributed by atoms with Crippen molar-refractivity contribution in [3.05, 3.63) is 29.3 Å². The van der Waals surface area contributed by atoms with Gasteiger partial charge in [0, 0.05) is 5.56 Å².